The first-order chi connectivity index (χ1) is 7.06. The first kappa shape index (κ1) is 11.2. The Hall–Kier alpha value is -1.89. The Morgan fingerprint density at radius 2 is 2.00 bits per heavy atom. The highest BCUT2D eigenvalue weighted by Gasteiger charge is 2.18. The van der Waals surface area contributed by atoms with Gasteiger partial charge in [-0.3, -0.25) is 4.79 Å². The van der Waals surface area contributed by atoms with Crippen molar-refractivity contribution in [1.82, 2.24) is 4.90 Å². The van der Waals surface area contributed by atoms with Crippen LogP contribution in [0.5, 0.6) is 0 Å². The number of hydrogen-bond donors (Lipinski definition) is 0. The third-order valence-corrected chi connectivity index (χ3v) is 2.19. The van der Waals surface area contributed by atoms with Crippen LogP contribution in [0.1, 0.15) is 18.5 Å². The van der Waals surface area contributed by atoms with Crippen LogP contribution in [0, 0.1) is 17.1 Å². The Bertz CT molecular complexity index is 394. The second-order valence-corrected chi connectivity index (χ2v) is 3.21. The molecule has 0 spiro atoms. The zero-order chi connectivity index (χ0) is 11.4. The average Bonchev–Trinajstić information content (AvgIpc) is 2.21. The van der Waals surface area contributed by atoms with Crippen LogP contribution in [-0.4, -0.2) is 17.9 Å². The van der Waals surface area contributed by atoms with E-state index in [1.165, 1.54) is 36.1 Å². The summed E-state index contributed by atoms with van der Waals surface area (Å²) in [6.07, 6.45) is 0. The number of rotatable bonds is 2. The molecule has 1 aromatic rings. The van der Waals surface area contributed by atoms with Crippen molar-refractivity contribution < 1.29 is 9.18 Å². The first-order valence-corrected chi connectivity index (χ1v) is 4.44. The number of nitriles is 1. The van der Waals surface area contributed by atoms with E-state index in [1.54, 1.807) is 7.05 Å². The molecule has 78 valence electrons. The lowest BCUT2D eigenvalue weighted by molar-refractivity contribution is -0.128. The summed E-state index contributed by atoms with van der Waals surface area (Å²) >= 11 is 0. The minimum atomic E-state index is -0.664. The van der Waals surface area contributed by atoms with E-state index in [4.69, 9.17) is 5.26 Å². The summed E-state index contributed by atoms with van der Waals surface area (Å²) in [7, 11) is 1.54. The van der Waals surface area contributed by atoms with Gasteiger partial charge in [-0.2, -0.15) is 5.26 Å². The molecule has 0 aliphatic rings. The molecule has 0 heterocycles. The van der Waals surface area contributed by atoms with Gasteiger partial charge in [-0.15, -0.1) is 0 Å². The fraction of sp³-hybridized carbons (Fsp3) is 0.273. The lowest BCUT2D eigenvalue weighted by Crippen LogP contribution is -2.28. The van der Waals surface area contributed by atoms with Crippen LogP contribution in [-0.2, 0) is 4.79 Å². The molecule has 0 saturated heterocycles. The summed E-state index contributed by atoms with van der Waals surface area (Å²) in [5.41, 5.74) is 0.608. The average molecular weight is 206 g/mol. The van der Waals surface area contributed by atoms with Crippen molar-refractivity contribution in [2.75, 3.05) is 7.05 Å². The molecule has 3 nitrogen and oxygen atoms in total. The molecule has 0 N–H and O–H groups in total. The second kappa shape index (κ2) is 4.56. The van der Waals surface area contributed by atoms with Gasteiger partial charge >= 0.3 is 0 Å². The Morgan fingerprint density at radius 3 is 2.40 bits per heavy atom. The Kier molecular flexibility index (Phi) is 3.40. The summed E-state index contributed by atoms with van der Waals surface area (Å²) < 4.78 is 12.7. The predicted molar refractivity (Wildman–Crippen MR) is 53.2 cm³/mol. The molecule has 1 rings (SSSR count). The molecule has 1 atom stereocenters. The van der Waals surface area contributed by atoms with Gasteiger partial charge in [0.25, 0.3) is 0 Å². The van der Waals surface area contributed by atoms with Crippen LogP contribution in [0.2, 0.25) is 0 Å². The normalized spacial score (nSPS) is 11.6. The maximum atomic E-state index is 12.7. The standard InChI is InChI=1S/C11H11FN2O/c1-8(15)14(2)11(7-13)9-3-5-10(12)6-4-9/h3-6,11H,1-2H3/t11-/m0/s1. The van der Waals surface area contributed by atoms with Crippen molar-refractivity contribution in [2.24, 2.45) is 0 Å². The molecular formula is C11H11FN2O. The highest BCUT2D eigenvalue weighted by Crippen LogP contribution is 2.18. The molecule has 0 saturated carbocycles. The molecule has 1 amide bonds. The molecule has 0 aliphatic heterocycles. The molecule has 1 aromatic carbocycles. The van der Waals surface area contributed by atoms with Crippen molar-refractivity contribution in [3.8, 4) is 6.07 Å². The number of nitrogens with zero attached hydrogens (tertiary/aromatic N) is 2. The van der Waals surface area contributed by atoms with Crippen molar-refractivity contribution in [3.05, 3.63) is 35.6 Å². The highest BCUT2D eigenvalue weighted by molar-refractivity contribution is 5.73. The van der Waals surface area contributed by atoms with Gasteiger partial charge in [0.1, 0.15) is 11.9 Å². The molecular weight excluding hydrogens is 195 g/mol. The van der Waals surface area contributed by atoms with E-state index in [1.807, 2.05) is 6.07 Å². The fourth-order valence-electron chi connectivity index (χ4n) is 1.21. The molecule has 0 aromatic heterocycles. The maximum absolute atomic E-state index is 12.7. The predicted octanol–water partition coefficient (Wildman–Crippen LogP) is 1.87. The molecule has 0 fully saturated rings. The van der Waals surface area contributed by atoms with Crippen LogP contribution in [0.3, 0.4) is 0 Å². The monoisotopic (exact) mass is 206 g/mol. The van der Waals surface area contributed by atoms with Gasteiger partial charge in [-0.05, 0) is 17.7 Å². The van der Waals surface area contributed by atoms with Crippen LogP contribution < -0.4 is 0 Å². The van der Waals surface area contributed by atoms with Gasteiger partial charge < -0.3 is 4.90 Å². The zero-order valence-electron chi connectivity index (χ0n) is 8.57. The quantitative estimate of drug-likeness (QED) is 0.741. The van der Waals surface area contributed by atoms with Gasteiger partial charge in [0.2, 0.25) is 5.91 Å². The summed E-state index contributed by atoms with van der Waals surface area (Å²) in [4.78, 5) is 12.4. The number of amides is 1. The van der Waals surface area contributed by atoms with Gasteiger partial charge in [-0.25, -0.2) is 4.39 Å². The highest BCUT2D eigenvalue weighted by atomic mass is 19.1. The maximum Gasteiger partial charge on any atom is 0.220 e. The summed E-state index contributed by atoms with van der Waals surface area (Å²) in [6.45, 7) is 1.38. The lowest BCUT2D eigenvalue weighted by Gasteiger charge is -2.21. The number of benzene rings is 1. The van der Waals surface area contributed by atoms with Crippen molar-refractivity contribution in [1.29, 1.82) is 5.26 Å². The number of hydrogen-bond acceptors (Lipinski definition) is 2. The van der Waals surface area contributed by atoms with E-state index < -0.39 is 6.04 Å². The van der Waals surface area contributed by atoms with Crippen LogP contribution in [0.15, 0.2) is 24.3 Å². The zero-order valence-corrected chi connectivity index (χ0v) is 8.57. The summed E-state index contributed by atoms with van der Waals surface area (Å²) in [6, 6.07) is 6.89. The minimum absolute atomic E-state index is 0.203. The van der Waals surface area contributed by atoms with E-state index >= 15 is 0 Å². The van der Waals surface area contributed by atoms with Gasteiger partial charge in [-0.1, -0.05) is 12.1 Å². The van der Waals surface area contributed by atoms with Crippen molar-refractivity contribution in [2.45, 2.75) is 13.0 Å². The van der Waals surface area contributed by atoms with Crippen LogP contribution in [0.4, 0.5) is 4.39 Å². The SMILES string of the molecule is CC(=O)N(C)[C@@H](C#N)c1ccc(F)cc1. The number of halogens is 1. The second-order valence-electron chi connectivity index (χ2n) is 3.21. The first-order valence-electron chi connectivity index (χ1n) is 4.44. The smallest absolute Gasteiger partial charge is 0.220 e. The van der Waals surface area contributed by atoms with Crippen LogP contribution in [0.25, 0.3) is 0 Å². The molecule has 0 bridgehead atoms. The van der Waals surface area contributed by atoms with Gasteiger partial charge in [0.05, 0.1) is 6.07 Å². The van der Waals surface area contributed by atoms with E-state index in [2.05, 4.69) is 0 Å². The molecule has 0 aliphatic carbocycles. The van der Waals surface area contributed by atoms with Crippen molar-refractivity contribution in [3.63, 3.8) is 0 Å². The Labute approximate surface area is 87.7 Å². The summed E-state index contributed by atoms with van der Waals surface area (Å²) in [5.74, 6) is -0.563. The minimum Gasteiger partial charge on any atom is -0.326 e. The third kappa shape index (κ3) is 2.53. The van der Waals surface area contributed by atoms with Crippen LogP contribution >= 0.6 is 0 Å². The molecule has 15 heavy (non-hydrogen) atoms. The van der Waals surface area contributed by atoms with Gasteiger partial charge in [0.15, 0.2) is 0 Å². The van der Waals surface area contributed by atoms with E-state index in [9.17, 15) is 9.18 Å². The third-order valence-electron chi connectivity index (χ3n) is 2.19. The Morgan fingerprint density at radius 1 is 1.47 bits per heavy atom. The fourth-order valence-corrected chi connectivity index (χ4v) is 1.21. The van der Waals surface area contributed by atoms with E-state index in [-0.39, 0.29) is 11.7 Å². The lowest BCUT2D eigenvalue weighted by atomic mass is 10.1. The summed E-state index contributed by atoms with van der Waals surface area (Å²) in [5, 5.41) is 8.93. The topological polar surface area (TPSA) is 44.1 Å². The number of carbonyl (C=O) groups excluding carboxylic acids is 1. The van der Waals surface area contributed by atoms with Gasteiger partial charge in [0, 0.05) is 14.0 Å². The molecule has 0 radical (unpaired) electrons. The van der Waals surface area contributed by atoms with E-state index in [0.717, 1.165) is 0 Å². The Balaban J connectivity index is 2.99. The molecule has 4 heteroatoms. The largest absolute Gasteiger partial charge is 0.326 e. The number of carbonyl (C=O) groups is 1. The molecule has 0 unspecified atom stereocenters. The van der Waals surface area contributed by atoms with E-state index in [0.29, 0.717) is 5.56 Å². The van der Waals surface area contributed by atoms with Crippen molar-refractivity contribution >= 4 is 5.91 Å².